The Balaban J connectivity index is 1.79. The Morgan fingerprint density at radius 3 is 2.24 bits per heavy atom. The lowest BCUT2D eigenvalue weighted by molar-refractivity contribution is 0.506. The minimum absolute atomic E-state index is 0.767. The van der Waals surface area contributed by atoms with Crippen molar-refractivity contribution in [2.45, 2.75) is 52.9 Å². The van der Waals surface area contributed by atoms with Gasteiger partial charge in [0.2, 0.25) is 0 Å². The van der Waals surface area contributed by atoms with E-state index in [-0.39, 0.29) is 0 Å². The first-order valence-corrected chi connectivity index (χ1v) is 8.31. The monoisotopic (exact) mass is 280 g/mol. The third-order valence-electron chi connectivity index (χ3n) is 4.35. The van der Waals surface area contributed by atoms with Gasteiger partial charge in [-0.05, 0) is 55.2 Å². The maximum Gasteiger partial charge on any atom is -0.0250 e. The Hall–Kier alpha value is -1.56. The topological polar surface area (TPSA) is 0 Å². The number of rotatable bonds is 7. The van der Waals surface area contributed by atoms with Crippen LogP contribution in [0.3, 0.4) is 0 Å². The van der Waals surface area contributed by atoms with Gasteiger partial charge in [-0.2, -0.15) is 0 Å². The SMILES string of the molecule is CCc1ccccc1CC(C)CCCc1ccc(C)cc1. The van der Waals surface area contributed by atoms with Crippen LogP contribution in [0.1, 0.15) is 48.9 Å². The van der Waals surface area contributed by atoms with Crippen LogP contribution in [-0.4, -0.2) is 0 Å². The summed E-state index contributed by atoms with van der Waals surface area (Å²) in [4.78, 5) is 0. The third-order valence-corrected chi connectivity index (χ3v) is 4.35. The lowest BCUT2D eigenvalue weighted by Crippen LogP contribution is -2.03. The highest BCUT2D eigenvalue weighted by atomic mass is 14.1. The maximum atomic E-state index is 2.39. The van der Waals surface area contributed by atoms with Crippen LogP contribution in [0.15, 0.2) is 48.5 Å². The van der Waals surface area contributed by atoms with E-state index in [0.717, 1.165) is 12.3 Å². The first-order valence-electron chi connectivity index (χ1n) is 8.31. The van der Waals surface area contributed by atoms with Crippen LogP contribution < -0.4 is 0 Å². The van der Waals surface area contributed by atoms with Crippen LogP contribution in [0.5, 0.6) is 0 Å². The van der Waals surface area contributed by atoms with Gasteiger partial charge in [0.05, 0.1) is 0 Å². The fraction of sp³-hybridized carbons (Fsp3) is 0.429. The molecule has 0 bridgehead atoms. The van der Waals surface area contributed by atoms with E-state index in [4.69, 9.17) is 0 Å². The van der Waals surface area contributed by atoms with Crippen molar-refractivity contribution < 1.29 is 0 Å². The van der Waals surface area contributed by atoms with Crippen LogP contribution in [0.2, 0.25) is 0 Å². The van der Waals surface area contributed by atoms with Crippen LogP contribution in [-0.2, 0) is 19.3 Å². The van der Waals surface area contributed by atoms with Crippen LogP contribution in [0.25, 0.3) is 0 Å². The highest BCUT2D eigenvalue weighted by Crippen LogP contribution is 2.19. The molecule has 0 N–H and O–H groups in total. The van der Waals surface area contributed by atoms with E-state index in [1.807, 2.05) is 0 Å². The van der Waals surface area contributed by atoms with E-state index in [2.05, 4.69) is 69.3 Å². The first kappa shape index (κ1) is 15.8. The molecule has 0 heteroatoms. The van der Waals surface area contributed by atoms with Crippen molar-refractivity contribution in [2.75, 3.05) is 0 Å². The molecule has 112 valence electrons. The first-order chi connectivity index (χ1) is 10.2. The molecule has 2 rings (SSSR count). The standard InChI is InChI=1S/C21H28/c1-4-20-10-5-6-11-21(20)16-18(3)8-7-9-19-14-12-17(2)13-15-19/h5-6,10-15,18H,4,7-9,16H2,1-3H3. The van der Waals surface area contributed by atoms with Crippen molar-refractivity contribution in [2.24, 2.45) is 5.92 Å². The average Bonchev–Trinajstić information content (AvgIpc) is 2.50. The van der Waals surface area contributed by atoms with Crippen molar-refractivity contribution in [3.05, 3.63) is 70.8 Å². The summed E-state index contributed by atoms with van der Waals surface area (Å²) in [6.07, 6.45) is 6.18. The molecule has 0 radical (unpaired) electrons. The van der Waals surface area contributed by atoms with E-state index in [1.165, 1.54) is 42.4 Å². The highest BCUT2D eigenvalue weighted by molar-refractivity contribution is 5.27. The second-order valence-electron chi connectivity index (χ2n) is 6.31. The quantitative estimate of drug-likeness (QED) is 0.605. The van der Waals surface area contributed by atoms with Crippen molar-refractivity contribution in [1.82, 2.24) is 0 Å². The molecule has 0 aliphatic heterocycles. The molecule has 0 aliphatic rings. The number of hydrogen-bond donors (Lipinski definition) is 0. The molecule has 0 saturated carbocycles. The molecule has 21 heavy (non-hydrogen) atoms. The van der Waals surface area contributed by atoms with E-state index in [9.17, 15) is 0 Å². The Labute approximate surface area is 130 Å². The summed E-state index contributed by atoms with van der Waals surface area (Å²) in [5.74, 6) is 0.767. The minimum atomic E-state index is 0.767. The molecule has 2 aromatic rings. The zero-order chi connectivity index (χ0) is 15.1. The van der Waals surface area contributed by atoms with E-state index in [0.29, 0.717) is 0 Å². The molecule has 0 amide bonds. The predicted molar refractivity (Wildman–Crippen MR) is 92.8 cm³/mol. The van der Waals surface area contributed by atoms with Gasteiger partial charge >= 0.3 is 0 Å². The van der Waals surface area contributed by atoms with Gasteiger partial charge in [-0.3, -0.25) is 0 Å². The van der Waals surface area contributed by atoms with E-state index < -0.39 is 0 Å². The van der Waals surface area contributed by atoms with Gasteiger partial charge in [0.25, 0.3) is 0 Å². The lowest BCUT2D eigenvalue weighted by atomic mass is 9.91. The molecule has 0 heterocycles. The molecule has 2 aromatic carbocycles. The molecule has 1 atom stereocenters. The van der Waals surface area contributed by atoms with Crippen molar-refractivity contribution >= 4 is 0 Å². The Kier molecular flexibility index (Phi) is 6.04. The van der Waals surface area contributed by atoms with Crippen LogP contribution in [0.4, 0.5) is 0 Å². The fourth-order valence-corrected chi connectivity index (χ4v) is 2.99. The zero-order valence-corrected chi connectivity index (χ0v) is 13.7. The van der Waals surface area contributed by atoms with E-state index >= 15 is 0 Å². The molecule has 0 nitrogen and oxygen atoms in total. The van der Waals surface area contributed by atoms with Crippen molar-refractivity contribution in [3.8, 4) is 0 Å². The molecule has 0 spiro atoms. The maximum absolute atomic E-state index is 2.39. The average molecular weight is 280 g/mol. The van der Waals surface area contributed by atoms with Gasteiger partial charge in [-0.15, -0.1) is 0 Å². The number of aryl methyl sites for hydroxylation is 3. The van der Waals surface area contributed by atoms with Gasteiger partial charge in [-0.25, -0.2) is 0 Å². The van der Waals surface area contributed by atoms with E-state index in [1.54, 1.807) is 5.56 Å². The molecule has 1 unspecified atom stereocenters. The zero-order valence-electron chi connectivity index (χ0n) is 13.7. The summed E-state index contributed by atoms with van der Waals surface area (Å²) >= 11 is 0. The second kappa shape index (κ2) is 8.02. The third kappa shape index (κ3) is 5.04. The van der Waals surface area contributed by atoms with Gasteiger partial charge in [-0.1, -0.05) is 74.4 Å². The summed E-state index contributed by atoms with van der Waals surface area (Å²) in [6, 6.07) is 17.9. The normalized spacial score (nSPS) is 12.3. The Morgan fingerprint density at radius 1 is 0.905 bits per heavy atom. The summed E-state index contributed by atoms with van der Waals surface area (Å²) in [5, 5.41) is 0. The number of hydrogen-bond acceptors (Lipinski definition) is 0. The summed E-state index contributed by atoms with van der Waals surface area (Å²) < 4.78 is 0. The molecule has 0 aromatic heterocycles. The van der Waals surface area contributed by atoms with Gasteiger partial charge in [0.1, 0.15) is 0 Å². The smallest absolute Gasteiger partial charge is 0.0250 e. The second-order valence-corrected chi connectivity index (χ2v) is 6.31. The van der Waals surface area contributed by atoms with Crippen molar-refractivity contribution in [3.63, 3.8) is 0 Å². The van der Waals surface area contributed by atoms with Crippen LogP contribution >= 0.6 is 0 Å². The van der Waals surface area contributed by atoms with Crippen LogP contribution in [0, 0.1) is 12.8 Å². The molecular formula is C21H28. The van der Waals surface area contributed by atoms with Gasteiger partial charge in [0, 0.05) is 0 Å². The molecular weight excluding hydrogens is 252 g/mol. The fourth-order valence-electron chi connectivity index (χ4n) is 2.99. The summed E-state index contributed by atoms with van der Waals surface area (Å²) in [7, 11) is 0. The lowest BCUT2D eigenvalue weighted by Gasteiger charge is -2.14. The van der Waals surface area contributed by atoms with Gasteiger partial charge < -0.3 is 0 Å². The predicted octanol–water partition coefficient (Wildman–Crippen LogP) is 5.76. The summed E-state index contributed by atoms with van der Waals surface area (Å²) in [6.45, 7) is 6.79. The molecule has 0 saturated heterocycles. The molecule has 0 aliphatic carbocycles. The number of benzene rings is 2. The van der Waals surface area contributed by atoms with Crippen molar-refractivity contribution in [1.29, 1.82) is 0 Å². The highest BCUT2D eigenvalue weighted by Gasteiger charge is 2.07. The largest absolute Gasteiger partial charge is 0.0622 e. The summed E-state index contributed by atoms with van der Waals surface area (Å²) in [5.41, 5.74) is 5.88. The Bertz CT molecular complexity index is 536. The Morgan fingerprint density at radius 2 is 1.57 bits per heavy atom. The minimum Gasteiger partial charge on any atom is -0.0622 e. The van der Waals surface area contributed by atoms with Gasteiger partial charge in [0.15, 0.2) is 0 Å². The molecule has 0 fully saturated rings.